The predicted octanol–water partition coefficient (Wildman–Crippen LogP) is 8.57. The zero-order valence-corrected chi connectivity index (χ0v) is 20.5. The molecule has 1 heterocycles. The van der Waals surface area contributed by atoms with Gasteiger partial charge in [-0.15, -0.1) is 0 Å². The molecule has 0 unspecified atom stereocenters. The monoisotopic (exact) mass is 402 g/mol. The van der Waals surface area contributed by atoms with E-state index < -0.39 is 0 Å². The van der Waals surface area contributed by atoms with Crippen molar-refractivity contribution in [3.8, 4) is 0 Å². The molecular weight excluding hydrogens is 352 g/mol. The van der Waals surface area contributed by atoms with Gasteiger partial charge in [0.25, 0.3) is 0 Å². The van der Waals surface area contributed by atoms with Gasteiger partial charge in [-0.1, -0.05) is 110 Å². The standard InChI is InChI=1S/C11H16.C9H18.C8H16O/c1-10(2)8-9-11-6-4-3-5-7-11;1-8(2)6-7-9-4-3-5-9;1-7(2)3-4-8-5-9-6-8/h3-7,10H,8-9H2,1-2H3;8-9H,3-7H2,1-2H3;7-8H,3-6H2,1-2H3. The van der Waals surface area contributed by atoms with E-state index in [9.17, 15) is 0 Å². The van der Waals surface area contributed by atoms with Crippen LogP contribution >= 0.6 is 0 Å². The second kappa shape index (κ2) is 15.9. The number of hydrogen-bond donors (Lipinski definition) is 0. The fourth-order valence-corrected chi connectivity index (χ4v) is 3.47. The van der Waals surface area contributed by atoms with Crippen LogP contribution in [0.15, 0.2) is 30.3 Å². The van der Waals surface area contributed by atoms with Gasteiger partial charge in [0.1, 0.15) is 0 Å². The molecule has 0 aromatic heterocycles. The fourth-order valence-electron chi connectivity index (χ4n) is 3.47. The lowest BCUT2D eigenvalue weighted by Crippen LogP contribution is -2.27. The summed E-state index contributed by atoms with van der Waals surface area (Å²) in [6.07, 6.45) is 12.7. The van der Waals surface area contributed by atoms with Crippen molar-refractivity contribution in [3.63, 3.8) is 0 Å². The summed E-state index contributed by atoms with van der Waals surface area (Å²) in [5.74, 6) is 4.62. The maximum atomic E-state index is 5.07. The number of hydrogen-bond acceptors (Lipinski definition) is 1. The highest BCUT2D eigenvalue weighted by Crippen LogP contribution is 2.31. The van der Waals surface area contributed by atoms with Crippen LogP contribution in [0.4, 0.5) is 0 Å². The molecule has 0 spiro atoms. The zero-order chi connectivity index (χ0) is 21.5. The molecule has 3 rings (SSSR count). The number of benzene rings is 1. The second-order valence-electron chi connectivity index (χ2n) is 10.6. The third-order valence-corrected chi connectivity index (χ3v) is 6.09. The second-order valence-corrected chi connectivity index (χ2v) is 10.6. The molecule has 1 saturated heterocycles. The summed E-state index contributed by atoms with van der Waals surface area (Å²) in [5.41, 5.74) is 1.46. The van der Waals surface area contributed by atoms with Crippen LogP contribution in [0.3, 0.4) is 0 Å². The Morgan fingerprint density at radius 1 is 0.724 bits per heavy atom. The van der Waals surface area contributed by atoms with Crippen molar-refractivity contribution in [1.82, 2.24) is 0 Å². The lowest BCUT2D eigenvalue weighted by atomic mass is 9.81. The SMILES string of the molecule is CC(C)CCC1CCC1.CC(C)CCC1COC1.CC(C)CCc1ccccc1. The van der Waals surface area contributed by atoms with Gasteiger partial charge in [-0.05, 0) is 48.5 Å². The predicted molar refractivity (Wildman–Crippen MR) is 129 cm³/mol. The Balaban J connectivity index is 0.000000219. The minimum absolute atomic E-state index is 0.815. The summed E-state index contributed by atoms with van der Waals surface area (Å²) >= 11 is 0. The highest BCUT2D eigenvalue weighted by atomic mass is 16.5. The lowest BCUT2D eigenvalue weighted by molar-refractivity contribution is -0.0374. The Kier molecular flexibility index (Phi) is 14.4. The summed E-state index contributed by atoms with van der Waals surface area (Å²) < 4.78 is 5.07. The van der Waals surface area contributed by atoms with Gasteiger partial charge in [-0.3, -0.25) is 0 Å². The summed E-state index contributed by atoms with van der Waals surface area (Å²) in [6, 6.07) is 10.7. The fraction of sp³-hybridized carbons (Fsp3) is 0.786. The molecule has 1 aliphatic carbocycles. The van der Waals surface area contributed by atoms with Gasteiger partial charge in [-0.2, -0.15) is 0 Å². The highest BCUT2D eigenvalue weighted by molar-refractivity contribution is 5.14. The Hall–Kier alpha value is -0.820. The molecule has 1 saturated carbocycles. The first-order valence-electron chi connectivity index (χ1n) is 12.5. The Morgan fingerprint density at radius 3 is 1.62 bits per heavy atom. The molecule has 1 aromatic rings. The molecule has 29 heavy (non-hydrogen) atoms. The topological polar surface area (TPSA) is 9.23 Å². The molecule has 0 N–H and O–H groups in total. The maximum Gasteiger partial charge on any atom is 0.0516 e. The number of aryl methyl sites for hydroxylation is 1. The van der Waals surface area contributed by atoms with Crippen molar-refractivity contribution >= 4 is 0 Å². The number of rotatable bonds is 9. The molecule has 1 aliphatic heterocycles. The average Bonchev–Trinajstić information content (AvgIpc) is 2.59. The molecule has 2 aliphatic rings. The van der Waals surface area contributed by atoms with Gasteiger partial charge >= 0.3 is 0 Å². The quantitative estimate of drug-likeness (QED) is 0.402. The first-order chi connectivity index (χ1) is 13.9. The minimum atomic E-state index is 0.815. The van der Waals surface area contributed by atoms with Gasteiger partial charge in [-0.25, -0.2) is 0 Å². The van der Waals surface area contributed by atoms with E-state index in [0.29, 0.717) is 0 Å². The first kappa shape index (κ1) is 26.2. The van der Waals surface area contributed by atoms with Gasteiger partial charge in [0.2, 0.25) is 0 Å². The molecule has 0 amide bonds. The summed E-state index contributed by atoms with van der Waals surface area (Å²) in [6.45, 7) is 15.8. The summed E-state index contributed by atoms with van der Waals surface area (Å²) in [5, 5.41) is 0. The van der Waals surface area contributed by atoms with Gasteiger partial charge < -0.3 is 4.74 Å². The largest absolute Gasteiger partial charge is 0.381 e. The normalized spacial score (nSPS) is 16.6. The van der Waals surface area contributed by atoms with Crippen LogP contribution in [0.1, 0.15) is 98.5 Å². The van der Waals surface area contributed by atoms with Crippen molar-refractivity contribution in [2.45, 2.75) is 99.3 Å². The third-order valence-electron chi connectivity index (χ3n) is 6.09. The van der Waals surface area contributed by atoms with E-state index in [4.69, 9.17) is 4.74 Å². The number of ether oxygens (including phenoxy) is 1. The molecular formula is C28H50O. The molecule has 168 valence electrons. The third kappa shape index (κ3) is 14.8. The maximum absolute atomic E-state index is 5.07. The van der Waals surface area contributed by atoms with Crippen LogP contribution in [-0.4, -0.2) is 13.2 Å². The Labute approximate surface area is 183 Å². The van der Waals surface area contributed by atoms with Gasteiger partial charge in [0.05, 0.1) is 13.2 Å². The van der Waals surface area contributed by atoms with Crippen LogP contribution in [-0.2, 0) is 11.2 Å². The van der Waals surface area contributed by atoms with E-state index in [0.717, 1.165) is 42.8 Å². The van der Waals surface area contributed by atoms with Crippen molar-refractivity contribution in [2.75, 3.05) is 13.2 Å². The summed E-state index contributed by atoms with van der Waals surface area (Å²) in [7, 11) is 0. The molecule has 0 bridgehead atoms. The van der Waals surface area contributed by atoms with Crippen LogP contribution < -0.4 is 0 Å². The van der Waals surface area contributed by atoms with E-state index in [2.05, 4.69) is 71.9 Å². The van der Waals surface area contributed by atoms with E-state index in [1.807, 2.05) is 0 Å². The summed E-state index contributed by atoms with van der Waals surface area (Å²) in [4.78, 5) is 0. The molecule has 0 radical (unpaired) electrons. The highest BCUT2D eigenvalue weighted by Gasteiger charge is 2.17. The van der Waals surface area contributed by atoms with E-state index >= 15 is 0 Å². The van der Waals surface area contributed by atoms with Gasteiger partial charge in [0.15, 0.2) is 0 Å². The van der Waals surface area contributed by atoms with Crippen molar-refractivity contribution in [3.05, 3.63) is 35.9 Å². The molecule has 0 atom stereocenters. The van der Waals surface area contributed by atoms with Crippen molar-refractivity contribution in [2.24, 2.45) is 29.6 Å². The molecule has 2 fully saturated rings. The smallest absolute Gasteiger partial charge is 0.0516 e. The van der Waals surface area contributed by atoms with Crippen molar-refractivity contribution in [1.29, 1.82) is 0 Å². The lowest BCUT2D eigenvalue weighted by Gasteiger charge is -2.26. The Bertz CT molecular complexity index is 446. The zero-order valence-electron chi connectivity index (χ0n) is 20.5. The van der Waals surface area contributed by atoms with Crippen LogP contribution in [0, 0.1) is 29.6 Å². The molecule has 1 aromatic carbocycles. The first-order valence-corrected chi connectivity index (χ1v) is 12.5. The van der Waals surface area contributed by atoms with Crippen LogP contribution in [0.5, 0.6) is 0 Å². The van der Waals surface area contributed by atoms with E-state index in [1.165, 1.54) is 63.4 Å². The Morgan fingerprint density at radius 2 is 1.24 bits per heavy atom. The average molecular weight is 403 g/mol. The molecule has 1 nitrogen and oxygen atoms in total. The van der Waals surface area contributed by atoms with Crippen LogP contribution in [0.2, 0.25) is 0 Å². The van der Waals surface area contributed by atoms with Crippen LogP contribution in [0.25, 0.3) is 0 Å². The molecule has 1 heteroatoms. The minimum Gasteiger partial charge on any atom is -0.381 e. The van der Waals surface area contributed by atoms with Crippen molar-refractivity contribution < 1.29 is 4.74 Å². The van der Waals surface area contributed by atoms with E-state index in [1.54, 1.807) is 0 Å². The van der Waals surface area contributed by atoms with E-state index in [-0.39, 0.29) is 0 Å². The van der Waals surface area contributed by atoms with Gasteiger partial charge in [0, 0.05) is 5.92 Å².